The normalized spacial score (nSPS) is 18.2. The van der Waals surface area contributed by atoms with Gasteiger partial charge >= 0.3 is 0 Å². The lowest BCUT2D eigenvalue weighted by Gasteiger charge is -2.32. The van der Waals surface area contributed by atoms with Gasteiger partial charge in [0.2, 0.25) is 0 Å². The predicted octanol–water partition coefficient (Wildman–Crippen LogP) is 6.10. The molecule has 1 aliphatic heterocycles. The summed E-state index contributed by atoms with van der Waals surface area (Å²) in [6, 6.07) is 27.1. The zero-order chi connectivity index (χ0) is 22.7. The summed E-state index contributed by atoms with van der Waals surface area (Å²) in [5, 5.41) is 3.48. The van der Waals surface area contributed by atoms with Crippen molar-refractivity contribution in [1.82, 2.24) is 5.32 Å². The Morgan fingerprint density at radius 2 is 1.67 bits per heavy atom. The van der Waals surface area contributed by atoms with E-state index in [2.05, 4.69) is 69.8 Å². The van der Waals surface area contributed by atoms with Gasteiger partial charge < -0.3 is 19.5 Å². The van der Waals surface area contributed by atoms with Crippen LogP contribution >= 0.6 is 15.9 Å². The maximum Gasteiger partial charge on any atom is 0.119 e. The van der Waals surface area contributed by atoms with Gasteiger partial charge in [-0.3, -0.25) is 0 Å². The second-order valence-corrected chi connectivity index (χ2v) is 9.30. The third-order valence-corrected chi connectivity index (χ3v) is 6.39. The molecule has 0 bridgehead atoms. The molecule has 0 spiro atoms. The molecule has 4 rings (SSSR count). The minimum Gasteiger partial charge on any atom is -0.494 e. The minimum absolute atomic E-state index is 0.159. The molecular weight excluding hydrogens is 478 g/mol. The van der Waals surface area contributed by atoms with Crippen molar-refractivity contribution in [2.24, 2.45) is 0 Å². The first-order valence-electron chi connectivity index (χ1n) is 11.7. The van der Waals surface area contributed by atoms with Crippen LogP contribution in [0.4, 0.5) is 0 Å². The second kappa shape index (κ2) is 12.9. The Bertz CT molecular complexity index is 964. The number of piperidine rings is 1. The highest BCUT2D eigenvalue weighted by atomic mass is 79.9. The van der Waals surface area contributed by atoms with E-state index in [-0.39, 0.29) is 6.10 Å². The fourth-order valence-electron chi connectivity index (χ4n) is 4.14. The monoisotopic (exact) mass is 509 g/mol. The van der Waals surface area contributed by atoms with Crippen LogP contribution in [0.5, 0.6) is 5.75 Å². The van der Waals surface area contributed by atoms with E-state index >= 15 is 0 Å². The molecule has 1 heterocycles. The summed E-state index contributed by atoms with van der Waals surface area (Å²) >= 11 is 3.54. The van der Waals surface area contributed by atoms with Crippen LogP contribution in [-0.4, -0.2) is 32.4 Å². The highest BCUT2D eigenvalue weighted by Gasteiger charge is 2.27. The molecular formula is C28H32BrNO3. The van der Waals surface area contributed by atoms with E-state index in [1.807, 2.05) is 30.3 Å². The molecule has 0 aliphatic carbocycles. The van der Waals surface area contributed by atoms with Crippen LogP contribution in [0.3, 0.4) is 0 Å². The Kier molecular flexibility index (Phi) is 9.37. The Morgan fingerprint density at radius 1 is 0.848 bits per heavy atom. The number of halogens is 1. The molecule has 0 radical (unpaired) electrons. The molecule has 1 N–H and O–H groups in total. The first kappa shape index (κ1) is 24.0. The van der Waals surface area contributed by atoms with Gasteiger partial charge in [0.15, 0.2) is 0 Å². The largest absolute Gasteiger partial charge is 0.494 e. The van der Waals surface area contributed by atoms with Gasteiger partial charge in [0.1, 0.15) is 5.75 Å². The number of hydrogen-bond donors (Lipinski definition) is 1. The highest BCUT2D eigenvalue weighted by molar-refractivity contribution is 9.10. The fourth-order valence-corrected chi connectivity index (χ4v) is 4.59. The van der Waals surface area contributed by atoms with Gasteiger partial charge in [-0.15, -0.1) is 0 Å². The average molecular weight is 510 g/mol. The van der Waals surface area contributed by atoms with Gasteiger partial charge in [-0.25, -0.2) is 0 Å². The van der Waals surface area contributed by atoms with Crippen molar-refractivity contribution in [1.29, 1.82) is 0 Å². The maximum absolute atomic E-state index is 6.33. The summed E-state index contributed by atoms with van der Waals surface area (Å²) in [6.45, 7) is 4.51. The van der Waals surface area contributed by atoms with Gasteiger partial charge in [-0.05, 0) is 53.9 Å². The van der Waals surface area contributed by atoms with Crippen LogP contribution < -0.4 is 10.1 Å². The van der Waals surface area contributed by atoms with Crippen molar-refractivity contribution in [3.05, 3.63) is 100 Å². The van der Waals surface area contributed by atoms with E-state index in [0.717, 1.165) is 36.2 Å². The minimum atomic E-state index is 0.159. The van der Waals surface area contributed by atoms with Crippen molar-refractivity contribution in [3.8, 4) is 5.75 Å². The molecule has 0 saturated carbocycles. The number of ether oxygens (including phenoxy) is 3. The van der Waals surface area contributed by atoms with E-state index in [1.54, 1.807) is 0 Å². The van der Waals surface area contributed by atoms with E-state index in [9.17, 15) is 0 Å². The van der Waals surface area contributed by atoms with Crippen molar-refractivity contribution in [2.75, 3.05) is 26.3 Å². The van der Waals surface area contributed by atoms with Crippen LogP contribution in [0.25, 0.3) is 0 Å². The number of hydrogen-bond acceptors (Lipinski definition) is 4. The summed E-state index contributed by atoms with van der Waals surface area (Å²) in [7, 11) is 0. The van der Waals surface area contributed by atoms with Crippen LogP contribution in [0.15, 0.2) is 83.3 Å². The van der Waals surface area contributed by atoms with Gasteiger partial charge in [0.25, 0.3) is 0 Å². The zero-order valence-electron chi connectivity index (χ0n) is 18.9. The first-order valence-corrected chi connectivity index (χ1v) is 12.5. The van der Waals surface area contributed by atoms with Crippen LogP contribution in [0.2, 0.25) is 0 Å². The van der Waals surface area contributed by atoms with Crippen LogP contribution in [0, 0.1) is 0 Å². The standard InChI is InChI=1S/C28H32BrNO3/c29-25-9-4-8-23(18-25)21-33-28-19-30-15-14-27(28)24-10-12-26(13-11-24)32-17-5-16-31-20-22-6-2-1-3-7-22/h1-4,6-13,18,27-28,30H,5,14-17,19-21H2. The molecule has 1 saturated heterocycles. The van der Waals surface area contributed by atoms with Crippen molar-refractivity contribution >= 4 is 15.9 Å². The molecule has 0 aromatic heterocycles. The summed E-state index contributed by atoms with van der Waals surface area (Å²) < 4.78 is 19.1. The molecule has 2 atom stereocenters. The smallest absolute Gasteiger partial charge is 0.119 e. The third kappa shape index (κ3) is 7.68. The molecule has 4 nitrogen and oxygen atoms in total. The van der Waals surface area contributed by atoms with Gasteiger partial charge in [-0.1, -0.05) is 70.5 Å². The predicted molar refractivity (Wildman–Crippen MR) is 136 cm³/mol. The third-order valence-electron chi connectivity index (χ3n) is 5.90. The lowest BCUT2D eigenvalue weighted by atomic mass is 9.87. The second-order valence-electron chi connectivity index (χ2n) is 8.39. The molecule has 174 valence electrons. The summed E-state index contributed by atoms with van der Waals surface area (Å²) in [6.07, 6.45) is 2.10. The number of rotatable bonds is 11. The van der Waals surface area contributed by atoms with Crippen LogP contribution in [-0.2, 0) is 22.7 Å². The topological polar surface area (TPSA) is 39.7 Å². The SMILES string of the molecule is Brc1cccc(COC2CNCCC2c2ccc(OCCCOCc3ccccc3)cc2)c1. The quantitative estimate of drug-likeness (QED) is 0.317. The van der Waals surface area contributed by atoms with E-state index < -0.39 is 0 Å². The fraction of sp³-hybridized carbons (Fsp3) is 0.357. The van der Waals surface area contributed by atoms with Gasteiger partial charge in [0.05, 0.1) is 32.5 Å². The van der Waals surface area contributed by atoms with Crippen molar-refractivity contribution in [2.45, 2.75) is 38.1 Å². The summed E-state index contributed by atoms with van der Waals surface area (Å²) in [5.74, 6) is 1.29. The average Bonchev–Trinajstić information content (AvgIpc) is 2.86. The summed E-state index contributed by atoms with van der Waals surface area (Å²) in [5.41, 5.74) is 3.70. The van der Waals surface area contributed by atoms with Crippen molar-refractivity contribution < 1.29 is 14.2 Å². The zero-order valence-corrected chi connectivity index (χ0v) is 20.5. The molecule has 3 aromatic rings. The molecule has 0 amide bonds. The van der Waals surface area contributed by atoms with Crippen LogP contribution in [0.1, 0.15) is 35.4 Å². The molecule has 33 heavy (non-hydrogen) atoms. The Balaban J connectivity index is 1.21. The van der Waals surface area contributed by atoms with Crippen molar-refractivity contribution in [3.63, 3.8) is 0 Å². The van der Waals surface area contributed by atoms with Gasteiger partial charge in [-0.2, -0.15) is 0 Å². The van der Waals surface area contributed by atoms with Gasteiger partial charge in [0, 0.05) is 23.4 Å². The van der Waals surface area contributed by atoms with E-state index in [1.165, 1.54) is 16.7 Å². The molecule has 2 unspecified atom stereocenters. The molecule has 5 heteroatoms. The van der Waals surface area contributed by atoms with E-state index in [0.29, 0.717) is 32.3 Å². The Hall–Kier alpha value is -2.18. The Labute approximate surface area is 205 Å². The lowest BCUT2D eigenvalue weighted by Crippen LogP contribution is -2.40. The Morgan fingerprint density at radius 3 is 2.48 bits per heavy atom. The molecule has 1 aliphatic rings. The molecule has 3 aromatic carbocycles. The lowest BCUT2D eigenvalue weighted by molar-refractivity contribution is 0.0106. The van der Waals surface area contributed by atoms with E-state index in [4.69, 9.17) is 14.2 Å². The first-order chi connectivity index (χ1) is 16.3. The number of nitrogens with one attached hydrogen (secondary N) is 1. The number of benzene rings is 3. The summed E-state index contributed by atoms with van der Waals surface area (Å²) in [4.78, 5) is 0. The highest BCUT2D eigenvalue weighted by Crippen LogP contribution is 2.30. The maximum atomic E-state index is 6.33. The molecule has 1 fully saturated rings.